The summed E-state index contributed by atoms with van der Waals surface area (Å²) in [6.45, 7) is 1.29. The zero-order valence-corrected chi connectivity index (χ0v) is 7.39. The van der Waals surface area contributed by atoms with E-state index < -0.39 is 17.4 Å². The van der Waals surface area contributed by atoms with Crippen molar-refractivity contribution in [3.63, 3.8) is 0 Å². The number of hydrogen-bond donors (Lipinski definition) is 5. The monoisotopic (exact) mass is 198 g/mol. The van der Waals surface area contributed by atoms with Gasteiger partial charge in [0.1, 0.15) is 17.3 Å². The lowest BCUT2D eigenvalue weighted by molar-refractivity contribution is 0.297. The lowest BCUT2D eigenvalue weighted by Crippen LogP contribution is -2.14. The highest BCUT2D eigenvalue weighted by Gasteiger charge is 2.04. The number of rotatable bonds is 0. The number of aliphatic hydroxyl groups excluding tert-OH is 2. The Kier molecular flexibility index (Phi) is 2.42. The zero-order chi connectivity index (χ0) is 10.9. The Bertz CT molecular complexity index is 437. The molecule has 0 fully saturated rings. The van der Waals surface area contributed by atoms with Crippen molar-refractivity contribution in [3.8, 4) is 11.5 Å². The Labute approximate surface area is 79.1 Å². The van der Waals surface area contributed by atoms with Gasteiger partial charge in [0.25, 0.3) is 5.95 Å². The summed E-state index contributed by atoms with van der Waals surface area (Å²) in [6.07, 6.45) is 0. The zero-order valence-electron chi connectivity index (χ0n) is 7.39. The maximum atomic E-state index is 9.32. The molecule has 0 aliphatic carbocycles. The first-order chi connectivity index (χ1) is 6.43. The van der Waals surface area contributed by atoms with Gasteiger partial charge in [-0.15, -0.1) is 0 Å². The maximum Gasteiger partial charge on any atom is 0.281 e. The van der Waals surface area contributed by atoms with Crippen LogP contribution >= 0.6 is 0 Å². The van der Waals surface area contributed by atoms with Gasteiger partial charge in [-0.25, -0.2) is 0 Å². The molecule has 5 heteroatoms. The van der Waals surface area contributed by atoms with E-state index >= 15 is 0 Å². The fraction of sp³-hybridized carbons (Fsp3) is 0.111. The highest BCUT2D eigenvalue weighted by molar-refractivity contribution is 5.47. The molecule has 1 rings (SSSR count). The molecular weight excluding hydrogens is 188 g/mol. The highest BCUT2D eigenvalue weighted by Crippen LogP contribution is 2.06. The molecular formula is C9H10O5. The Balaban J connectivity index is 3.76. The van der Waals surface area contributed by atoms with Crippen LogP contribution in [-0.4, -0.2) is 25.5 Å². The smallest absolute Gasteiger partial charge is 0.281 e. The summed E-state index contributed by atoms with van der Waals surface area (Å²) >= 11 is 0. The van der Waals surface area contributed by atoms with Crippen LogP contribution in [-0.2, 0) is 0 Å². The molecule has 76 valence electrons. The van der Waals surface area contributed by atoms with Crippen LogP contribution < -0.4 is 10.4 Å². The van der Waals surface area contributed by atoms with Crippen LogP contribution in [0.4, 0.5) is 0 Å². The van der Waals surface area contributed by atoms with Crippen molar-refractivity contribution in [1.82, 2.24) is 0 Å². The van der Waals surface area contributed by atoms with Crippen molar-refractivity contribution in [3.05, 3.63) is 22.6 Å². The largest absolute Gasteiger partial charge is 0.512 e. The van der Waals surface area contributed by atoms with E-state index in [1.165, 1.54) is 6.92 Å². The number of phenols is 2. The molecule has 0 aliphatic rings. The number of aromatic hydroxyl groups is 2. The second kappa shape index (κ2) is 3.37. The van der Waals surface area contributed by atoms with E-state index in [-0.39, 0.29) is 16.2 Å². The van der Waals surface area contributed by atoms with Crippen LogP contribution in [0, 0.1) is 0 Å². The van der Waals surface area contributed by atoms with E-state index in [2.05, 4.69) is 0 Å². The summed E-state index contributed by atoms with van der Waals surface area (Å²) in [5, 5.41) is 44.8. The van der Waals surface area contributed by atoms with Crippen molar-refractivity contribution in [1.29, 1.82) is 0 Å². The van der Waals surface area contributed by atoms with E-state index in [9.17, 15) is 10.2 Å². The minimum absolute atomic E-state index is 0.130. The average Bonchev–Trinajstić information content (AvgIpc) is 2.01. The summed E-state index contributed by atoms with van der Waals surface area (Å²) in [4.78, 5) is 0. The third-order valence-electron chi connectivity index (χ3n) is 1.72. The third-order valence-corrected chi connectivity index (χ3v) is 1.72. The second-order valence-electron chi connectivity index (χ2n) is 2.80. The average molecular weight is 198 g/mol. The molecule has 5 nitrogen and oxygen atoms in total. The van der Waals surface area contributed by atoms with Crippen LogP contribution in [0.3, 0.4) is 0 Å². The predicted molar refractivity (Wildman–Crippen MR) is 49.4 cm³/mol. The van der Waals surface area contributed by atoms with Gasteiger partial charge in [-0.3, -0.25) is 0 Å². The van der Waals surface area contributed by atoms with Crippen LogP contribution in [0.1, 0.15) is 6.92 Å². The fourth-order valence-corrected chi connectivity index (χ4v) is 1.11. The quantitative estimate of drug-likeness (QED) is 0.403. The Hall–Kier alpha value is -2.04. The minimum Gasteiger partial charge on any atom is -0.512 e. The number of hydrogen-bond acceptors (Lipinski definition) is 5. The molecule has 0 unspecified atom stereocenters. The molecule has 0 amide bonds. The Morgan fingerprint density at radius 2 is 1.43 bits per heavy atom. The van der Waals surface area contributed by atoms with Crippen LogP contribution in [0.15, 0.2) is 12.1 Å². The van der Waals surface area contributed by atoms with Crippen molar-refractivity contribution in [2.45, 2.75) is 6.92 Å². The van der Waals surface area contributed by atoms with E-state index in [1.807, 2.05) is 0 Å². The fourth-order valence-electron chi connectivity index (χ4n) is 1.11. The molecule has 0 aromatic heterocycles. The van der Waals surface area contributed by atoms with Gasteiger partial charge in [0, 0.05) is 0 Å². The van der Waals surface area contributed by atoms with Gasteiger partial charge >= 0.3 is 0 Å². The van der Waals surface area contributed by atoms with Crippen molar-refractivity contribution in [2.24, 2.45) is 0 Å². The lowest BCUT2D eigenvalue weighted by Gasteiger charge is -1.99. The maximum absolute atomic E-state index is 9.32. The molecule has 0 radical (unpaired) electrons. The van der Waals surface area contributed by atoms with E-state index in [1.54, 1.807) is 0 Å². The molecule has 1 aromatic carbocycles. The second-order valence-corrected chi connectivity index (χ2v) is 2.80. The van der Waals surface area contributed by atoms with Gasteiger partial charge in [0.2, 0.25) is 0 Å². The van der Waals surface area contributed by atoms with Crippen LogP contribution in [0.5, 0.6) is 11.5 Å². The normalized spacial score (nSPS) is 9.79. The van der Waals surface area contributed by atoms with Crippen molar-refractivity contribution in [2.75, 3.05) is 0 Å². The van der Waals surface area contributed by atoms with Crippen molar-refractivity contribution >= 4 is 11.7 Å². The van der Waals surface area contributed by atoms with Gasteiger partial charge in [-0.1, -0.05) is 0 Å². The van der Waals surface area contributed by atoms with Gasteiger partial charge < -0.3 is 25.5 Å². The Morgan fingerprint density at radius 1 is 1.00 bits per heavy atom. The predicted octanol–water partition coefficient (Wildman–Crippen LogP) is -0.0344. The van der Waals surface area contributed by atoms with E-state index in [0.717, 1.165) is 12.1 Å². The minimum atomic E-state index is -1.02. The standard InChI is InChI=1S/C9H10O5/c1-4(10)8-6(11)2-5(9(13)14)3-7(8)12/h2-3,10-14H,1H3. The summed E-state index contributed by atoms with van der Waals surface area (Å²) in [5.74, 6) is -2.14. The molecule has 0 aliphatic heterocycles. The van der Waals surface area contributed by atoms with Gasteiger partial charge in [-0.05, 0) is 19.1 Å². The summed E-state index contributed by atoms with van der Waals surface area (Å²) in [7, 11) is 0. The molecule has 0 heterocycles. The molecule has 0 atom stereocenters. The van der Waals surface area contributed by atoms with Crippen LogP contribution in [0.25, 0.3) is 11.7 Å². The Morgan fingerprint density at radius 3 is 1.71 bits per heavy atom. The van der Waals surface area contributed by atoms with E-state index in [4.69, 9.17) is 15.3 Å². The summed E-state index contributed by atoms with van der Waals surface area (Å²) < 4.78 is 0. The highest BCUT2D eigenvalue weighted by atomic mass is 16.5. The number of benzene rings is 1. The molecule has 0 spiro atoms. The molecule has 0 saturated carbocycles. The number of phenolic OH excluding ortho intramolecular Hbond substituents is 2. The van der Waals surface area contributed by atoms with Gasteiger partial charge in [0.15, 0.2) is 0 Å². The summed E-state index contributed by atoms with van der Waals surface area (Å²) in [5.41, 5.74) is 0. The first kappa shape index (κ1) is 10.0. The SMILES string of the molecule is CC(O)=c1c(O)cc(=C(O)O)cc1O. The molecule has 0 saturated heterocycles. The first-order valence-corrected chi connectivity index (χ1v) is 3.77. The lowest BCUT2D eigenvalue weighted by atomic mass is 10.2. The van der Waals surface area contributed by atoms with Gasteiger partial charge in [0.05, 0.1) is 10.4 Å². The van der Waals surface area contributed by atoms with Gasteiger partial charge in [-0.2, -0.15) is 0 Å². The molecule has 5 N–H and O–H groups in total. The van der Waals surface area contributed by atoms with Crippen LogP contribution in [0.2, 0.25) is 0 Å². The molecule has 14 heavy (non-hydrogen) atoms. The third kappa shape index (κ3) is 1.66. The summed E-state index contributed by atoms with van der Waals surface area (Å²) in [6, 6.07) is 2.04. The topological polar surface area (TPSA) is 101 Å². The van der Waals surface area contributed by atoms with E-state index in [0.29, 0.717) is 0 Å². The molecule has 1 aromatic rings. The number of aliphatic hydroxyl groups is 3. The molecule has 0 bridgehead atoms. The van der Waals surface area contributed by atoms with Crippen molar-refractivity contribution < 1.29 is 25.5 Å². The first-order valence-electron chi connectivity index (χ1n) is 3.77.